The van der Waals surface area contributed by atoms with Gasteiger partial charge in [-0.1, -0.05) is 28.9 Å². The molecule has 1 fully saturated rings. The van der Waals surface area contributed by atoms with Crippen LogP contribution in [0.15, 0.2) is 28.7 Å². The van der Waals surface area contributed by atoms with Crippen molar-refractivity contribution in [3.63, 3.8) is 0 Å². The summed E-state index contributed by atoms with van der Waals surface area (Å²) in [4.78, 5) is 14.2. The van der Waals surface area contributed by atoms with Crippen LogP contribution < -0.4 is 10.1 Å². The minimum Gasteiger partial charge on any atom is -0.494 e. The summed E-state index contributed by atoms with van der Waals surface area (Å²) in [7, 11) is 0. The lowest BCUT2D eigenvalue weighted by atomic mass is 9.96. The fourth-order valence-electron chi connectivity index (χ4n) is 2.86. The molecule has 1 aromatic rings. The van der Waals surface area contributed by atoms with E-state index >= 15 is 0 Å². The lowest BCUT2D eigenvalue weighted by Gasteiger charge is -2.32. The van der Waals surface area contributed by atoms with Gasteiger partial charge in [-0.2, -0.15) is 0 Å². The van der Waals surface area contributed by atoms with Crippen molar-refractivity contribution in [1.82, 2.24) is 10.2 Å². The number of piperidine rings is 1. The number of hydrogen-bond acceptors (Lipinski definition) is 3. The Kier molecular flexibility index (Phi) is 10.4. The average Bonchev–Trinajstić information content (AvgIpc) is 2.57. The highest BCUT2D eigenvalue weighted by Crippen LogP contribution is 2.19. The van der Waals surface area contributed by atoms with Crippen molar-refractivity contribution in [2.45, 2.75) is 32.6 Å². The predicted molar refractivity (Wildman–Crippen MR) is 104 cm³/mol. The van der Waals surface area contributed by atoms with Crippen molar-refractivity contribution in [1.29, 1.82) is 0 Å². The molecule has 1 aromatic carbocycles. The molecule has 0 aromatic heterocycles. The number of nitrogens with one attached hydrogen (secondary N) is 1. The molecule has 0 radical (unpaired) electrons. The van der Waals surface area contributed by atoms with Gasteiger partial charge in [0.1, 0.15) is 5.75 Å². The van der Waals surface area contributed by atoms with Gasteiger partial charge in [0.05, 0.1) is 6.61 Å². The Morgan fingerprint density at radius 1 is 1.38 bits per heavy atom. The Morgan fingerprint density at radius 2 is 2.12 bits per heavy atom. The van der Waals surface area contributed by atoms with Crippen molar-refractivity contribution < 1.29 is 9.53 Å². The number of amides is 1. The number of halogens is 2. The largest absolute Gasteiger partial charge is 0.494 e. The third-order valence-corrected chi connectivity index (χ3v) is 4.74. The normalized spacial score (nSPS) is 15.0. The SMILES string of the molecule is CCNCC1CCN(C(=O)CCCOc2cccc(Br)c2)CC1.Cl. The number of benzene rings is 1. The summed E-state index contributed by atoms with van der Waals surface area (Å²) in [5, 5.41) is 3.40. The summed E-state index contributed by atoms with van der Waals surface area (Å²) >= 11 is 3.42. The number of nitrogens with zero attached hydrogens (tertiary/aromatic N) is 1. The second-order valence-electron chi connectivity index (χ2n) is 6.04. The highest BCUT2D eigenvalue weighted by molar-refractivity contribution is 9.10. The van der Waals surface area contributed by atoms with Crippen LogP contribution in [0.1, 0.15) is 32.6 Å². The van der Waals surface area contributed by atoms with E-state index in [0.717, 1.165) is 61.6 Å². The van der Waals surface area contributed by atoms with Gasteiger partial charge in [0, 0.05) is 24.0 Å². The maximum Gasteiger partial charge on any atom is 0.222 e. The molecule has 0 spiro atoms. The van der Waals surface area contributed by atoms with E-state index in [0.29, 0.717) is 13.0 Å². The highest BCUT2D eigenvalue weighted by Gasteiger charge is 2.21. The molecule has 1 aliphatic heterocycles. The van der Waals surface area contributed by atoms with Gasteiger partial charge in [0.15, 0.2) is 0 Å². The van der Waals surface area contributed by atoms with Crippen molar-refractivity contribution in [3.8, 4) is 5.75 Å². The number of likely N-dealkylation sites (tertiary alicyclic amines) is 1. The number of hydrogen-bond donors (Lipinski definition) is 1. The molecular formula is C18H28BrClN2O2. The van der Waals surface area contributed by atoms with Gasteiger partial charge in [0.25, 0.3) is 0 Å². The standard InChI is InChI=1S/C18H27BrN2O2.ClH/c1-2-20-14-15-8-10-21(11-9-15)18(22)7-4-12-23-17-6-3-5-16(19)13-17;/h3,5-6,13,15,20H,2,4,7-12,14H2,1H3;1H. The predicted octanol–water partition coefficient (Wildman–Crippen LogP) is 3.88. The molecule has 1 N–H and O–H groups in total. The van der Waals surface area contributed by atoms with Crippen LogP contribution in [0.3, 0.4) is 0 Å². The van der Waals surface area contributed by atoms with Gasteiger partial charge in [-0.05, 0) is 56.5 Å². The zero-order valence-electron chi connectivity index (χ0n) is 14.3. The molecule has 1 amide bonds. The highest BCUT2D eigenvalue weighted by atomic mass is 79.9. The quantitative estimate of drug-likeness (QED) is 0.650. The molecule has 0 saturated carbocycles. The molecule has 6 heteroatoms. The van der Waals surface area contributed by atoms with E-state index in [1.165, 1.54) is 0 Å². The van der Waals surface area contributed by atoms with Crippen LogP contribution in [0.2, 0.25) is 0 Å². The molecule has 1 heterocycles. The third-order valence-electron chi connectivity index (χ3n) is 4.25. The summed E-state index contributed by atoms with van der Waals surface area (Å²) in [5.74, 6) is 1.83. The molecule has 0 unspecified atom stereocenters. The second kappa shape index (κ2) is 11.7. The van der Waals surface area contributed by atoms with E-state index in [2.05, 4.69) is 28.2 Å². The molecular weight excluding hydrogens is 392 g/mol. The van der Waals surface area contributed by atoms with Crippen LogP contribution in [0.5, 0.6) is 5.75 Å². The molecule has 24 heavy (non-hydrogen) atoms. The Labute approximate surface area is 159 Å². The van der Waals surface area contributed by atoms with E-state index in [9.17, 15) is 4.79 Å². The molecule has 0 atom stereocenters. The lowest BCUT2D eigenvalue weighted by Crippen LogP contribution is -2.40. The molecule has 2 rings (SSSR count). The summed E-state index contributed by atoms with van der Waals surface area (Å²) < 4.78 is 6.68. The minimum atomic E-state index is 0. The van der Waals surface area contributed by atoms with Crippen LogP contribution in [-0.4, -0.2) is 43.6 Å². The molecule has 0 aliphatic carbocycles. The van der Waals surface area contributed by atoms with Crippen molar-refractivity contribution in [3.05, 3.63) is 28.7 Å². The number of rotatable bonds is 8. The van der Waals surface area contributed by atoms with Crippen molar-refractivity contribution in [2.24, 2.45) is 5.92 Å². The second-order valence-corrected chi connectivity index (χ2v) is 6.96. The fraction of sp³-hybridized carbons (Fsp3) is 0.611. The third kappa shape index (κ3) is 7.41. The van der Waals surface area contributed by atoms with Gasteiger partial charge in [0.2, 0.25) is 5.91 Å². The first kappa shape index (κ1) is 21.3. The lowest BCUT2D eigenvalue weighted by molar-refractivity contribution is -0.132. The van der Waals surface area contributed by atoms with Gasteiger partial charge in [-0.25, -0.2) is 0 Å². The smallest absolute Gasteiger partial charge is 0.222 e. The summed E-state index contributed by atoms with van der Waals surface area (Å²) in [6.07, 6.45) is 3.58. The van der Waals surface area contributed by atoms with Gasteiger partial charge >= 0.3 is 0 Å². The molecule has 136 valence electrons. The Bertz CT molecular complexity index is 494. The molecule has 1 saturated heterocycles. The van der Waals surface area contributed by atoms with E-state index in [1.54, 1.807) is 0 Å². The Hall–Kier alpha value is -0.780. The fourth-order valence-corrected chi connectivity index (χ4v) is 3.24. The topological polar surface area (TPSA) is 41.6 Å². The average molecular weight is 420 g/mol. The summed E-state index contributed by atoms with van der Waals surface area (Å²) in [6, 6.07) is 7.79. The van der Waals surface area contributed by atoms with Crippen LogP contribution >= 0.6 is 28.3 Å². The molecule has 1 aliphatic rings. The first-order chi connectivity index (χ1) is 11.2. The van der Waals surface area contributed by atoms with E-state index in [4.69, 9.17) is 4.74 Å². The first-order valence-corrected chi connectivity index (χ1v) is 9.35. The Morgan fingerprint density at radius 3 is 2.79 bits per heavy atom. The molecule has 4 nitrogen and oxygen atoms in total. The van der Waals surface area contributed by atoms with E-state index < -0.39 is 0 Å². The van der Waals surface area contributed by atoms with Gasteiger partial charge in [-0.15, -0.1) is 12.4 Å². The van der Waals surface area contributed by atoms with Crippen molar-refractivity contribution >= 4 is 34.2 Å². The maximum atomic E-state index is 12.2. The zero-order valence-corrected chi connectivity index (χ0v) is 16.7. The van der Waals surface area contributed by atoms with E-state index in [-0.39, 0.29) is 18.3 Å². The summed E-state index contributed by atoms with van der Waals surface area (Å²) in [6.45, 7) is 6.63. The number of carbonyl (C=O) groups is 1. The number of ether oxygens (including phenoxy) is 1. The van der Waals surface area contributed by atoms with E-state index in [1.807, 2.05) is 29.2 Å². The number of carbonyl (C=O) groups excluding carboxylic acids is 1. The Balaban J connectivity index is 0.00000288. The first-order valence-electron chi connectivity index (χ1n) is 8.56. The van der Waals surface area contributed by atoms with Crippen molar-refractivity contribution in [2.75, 3.05) is 32.8 Å². The van der Waals surface area contributed by atoms with Crippen LogP contribution in [0.4, 0.5) is 0 Å². The summed E-state index contributed by atoms with van der Waals surface area (Å²) in [5.41, 5.74) is 0. The zero-order chi connectivity index (χ0) is 16.5. The van der Waals surface area contributed by atoms with Gasteiger partial charge in [-0.3, -0.25) is 4.79 Å². The van der Waals surface area contributed by atoms with Crippen LogP contribution in [-0.2, 0) is 4.79 Å². The van der Waals surface area contributed by atoms with Crippen LogP contribution in [0.25, 0.3) is 0 Å². The maximum absolute atomic E-state index is 12.2. The van der Waals surface area contributed by atoms with Crippen LogP contribution in [0, 0.1) is 5.92 Å². The minimum absolute atomic E-state index is 0. The monoisotopic (exact) mass is 418 g/mol. The molecule has 0 bridgehead atoms. The van der Waals surface area contributed by atoms with Gasteiger partial charge < -0.3 is 15.0 Å².